The highest BCUT2D eigenvalue weighted by atomic mass is 19.1. The third-order valence-corrected chi connectivity index (χ3v) is 6.78. The van der Waals surface area contributed by atoms with Gasteiger partial charge in [0, 0.05) is 51.0 Å². The molecule has 10 nitrogen and oxygen atoms in total. The lowest BCUT2D eigenvalue weighted by Gasteiger charge is -2.46. The maximum atomic E-state index is 15.4. The van der Waals surface area contributed by atoms with Crippen LogP contribution in [0.5, 0.6) is 11.5 Å². The lowest BCUT2D eigenvalue weighted by Crippen LogP contribution is -2.60. The Hall–Kier alpha value is -4.78. The first-order valence-electron chi connectivity index (χ1n) is 12.9. The van der Waals surface area contributed by atoms with Gasteiger partial charge in [-0.2, -0.15) is 4.68 Å². The average Bonchev–Trinajstić information content (AvgIpc) is 3.15. The SMILES string of the molecule is COc1cc(F)c(-c2c(NC(=O)c3ccc(OC(C)F)cc3)c(=O)n(-c3ncccc3N3CC(C)(O)C3)n2C)c(F)c1. The first-order chi connectivity index (χ1) is 19.9. The van der Waals surface area contributed by atoms with Gasteiger partial charge in [0.2, 0.25) is 6.36 Å². The van der Waals surface area contributed by atoms with Crippen molar-refractivity contribution >= 4 is 17.3 Å². The van der Waals surface area contributed by atoms with Gasteiger partial charge in [-0.15, -0.1) is 0 Å². The van der Waals surface area contributed by atoms with E-state index in [0.29, 0.717) is 5.69 Å². The van der Waals surface area contributed by atoms with E-state index in [2.05, 4.69) is 10.3 Å². The van der Waals surface area contributed by atoms with Gasteiger partial charge in [-0.05, 0) is 43.3 Å². The highest BCUT2D eigenvalue weighted by molar-refractivity contribution is 6.06. The summed E-state index contributed by atoms with van der Waals surface area (Å²) in [6.45, 7) is 3.41. The Kier molecular flexibility index (Phi) is 7.45. The minimum absolute atomic E-state index is 0.0756. The van der Waals surface area contributed by atoms with Crippen LogP contribution in [0, 0.1) is 11.6 Å². The molecule has 4 aromatic rings. The van der Waals surface area contributed by atoms with Crippen molar-refractivity contribution in [3.05, 3.63) is 82.3 Å². The number of hydrogen-bond acceptors (Lipinski definition) is 7. The van der Waals surface area contributed by atoms with E-state index in [-0.39, 0.29) is 41.7 Å². The molecule has 2 N–H and O–H groups in total. The molecule has 2 aromatic carbocycles. The molecule has 1 amide bonds. The minimum Gasteiger partial charge on any atom is -0.497 e. The number of anilines is 2. The number of carbonyl (C=O) groups is 1. The standard InChI is InChI=1S/C29H28F3N5O5/c1-16(30)42-18-9-7-17(8-10-18)27(38)34-24-25(23-20(31)12-19(41-4)13-21(23)32)35(3)37(28(24)39)26-22(6-5-11-33-26)36-14-29(2,40)15-36/h5-13,16,40H,14-15H2,1-4H3,(H,34,38). The molecule has 1 saturated heterocycles. The number of aromatic nitrogens is 3. The van der Waals surface area contributed by atoms with Crippen molar-refractivity contribution in [2.75, 3.05) is 30.4 Å². The number of methoxy groups -OCH3 is 1. The summed E-state index contributed by atoms with van der Waals surface area (Å²) in [6, 6.07) is 10.7. The van der Waals surface area contributed by atoms with E-state index < -0.39 is 46.3 Å². The summed E-state index contributed by atoms with van der Waals surface area (Å²) in [5.74, 6) is -2.60. The van der Waals surface area contributed by atoms with Gasteiger partial charge in [0.15, 0.2) is 5.82 Å². The predicted octanol–water partition coefficient (Wildman–Crippen LogP) is 4.04. The topological polar surface area (TPSA) is 111 Å². The zero-order valence-corrected chi connectivity index (χ0v) is 23.2. The largest absolute Gasteiger partial charge is 0.497 e. The monoisotopic (exact) mass is 583 g/mol. The minimum atomic E-state index is -1.57. The molecule has 5 rings (SSSR count). The molecule has 3 heterocycles. The third kappa shape index (κ3) is 5.30. The van der Waals surface area contributed by atoms with Gasteiger partial charge in [-0.25, -0.2) is 18.2 Å². The number of β-amino-alcohol motifs (C(OH)–C–C–N with tert-alkyl or cyclic N) is 1. The number of aliphatic hydroxyl groups is 1. The number of nitrogens with one attached hydrogen (secondary N) is 1. The van der Waals surface area contributed by atoms with Crippen LogP contribution in [-0.4, -0.2) is 57.5 Å². The van der Waals surface area contributed by atoms with Crippen LogP contribution in [0.1, 0.15) is 24.2 Å². The first kappa shape index (κ1) is 28.7. The quantitative estimate of drug-likeness (QED) is 0.322. The van der Waals surface area contributed by atoms with Gasteiger partial charge < -0.3 is 24.8 Å². The molecule has 1 atom stereocenters. The van der Waals surface area contributed by atoms with Crippen molar-refractivity contribution < 1.29 is 32.5 Å². The number of halogens is 3. The Morgan fingerprint density at radius 1 is 1.12 bits per heavy atom. The smallest absolute Gasteiger partial charge is 0.297 e. The highest BCUT2D eigenvalue weighted by Gasteiger charge is 2.38. The molecule has 1 fully saturated rings. The first-order valence-corrected chi connectivity index (χ1v) is 12.9. The predicted molar refractivity (Wildman–Crippen MR) is 149 cm³/mol. The highest BCUT2D eigenvalue weighted by Crippen LogP contribution is 2.36. The summed E-state index contributed by atoms with van der Waals surface area (Å²) < 4.78 is 56.2. The molecule has 0 saturated carbocycles. The molecular weight excluding hydrogens is 555 g/mol. The zero-order valence-electron chi connectivity index (χ0n) is 23.2. The molecule has 42 heavy (non-hydrogen) atoms. The van der Waals surface area contributed by atoms with E-state index in [9.17, 15) is 19.1 Å². The number of carbonyl (C=O) groups excluding carboxylic acids is 1. The molecule has 1 unspecified atom stereocenters. The second-order valence-electron chi connectivity index (χ2n) is 10.2. The van der Waals surface area contributed by atoms with E-state index in [1.807, 2.05) is 0 Å². The van der Waals surface area contributed by atoms with Crippen molar-refractivity contribution in [2.45, 2.75) is 25.8 Å². The Bertz CT molecular complexity index is 1680. The number of ether oxygens (including phenoxy) is 2. The Labute approximate surface area is 238 Å². The Morgan fingerprint density at radius 2 is 1.76 bits per heavy atom. The summed E-state index contributed by atoms with van der Waals surface area (Å²) in [5, 5.41) is 12.8. The fraction of sp³-hybridized carbons (Fsp3) is 0.276. The Morgan fingerprint density at radius 3 is 2.33 bits per heavy atom. The average molecular weight is 584 g/mol. The lowest BCUT2D eigenvalue weighted by atomic mass is 9.96. The van der Waals surface area contributed by atoms with E-state index in [1.54, 1.807) is 24.0 Å². The van der Waals surface area contributed by atoms with Crippen LogP contribution in [0.15, 0.2) is 59.5 Å². The number of pyridine rings is 1. The fourth-order valence-electron chi connectivity index (χ4n) is 4.94. The maximum absolute atomic E-state index is 15.4. The fourth-order valence-corrected chi connectivity index (χ4v) is 4.94. The summed E-state index contributed by atoms with van der Waals surface area (Å²) in [4.78, 5) is 33.4. The zero-order chi connectivity index (χ0) is 30.3. The van der Waals surface area contributed by atoms with Crippen LogP contribution >= 0.6 is 0 Å². The summed E-state index contributed by atoms with van der Waals surface area (Å²) in [7, 11) is 2.66. The van der Waals surface area contributed by atoms with Gasteiger partial charge in [0.25, 0.3) is 11.5 Å². The molecular formula is C29H28F3N5O5. The van der Waals surface area contributed by atoms with Crippen molar-refractivity contribution in [3.63, 3.8) is 0 Å². The van der Waals surface area contributed by atoms with Gasteiger partial charge >= 0.3 is 0 Å². The maximum Gasteiger partial charge on any atom is 0.297 e. The Balaban J connectivity index is 1.66. The van der Waals surface area contributed by atoms with Crippen LogP contribution < -0.4 is 25.2 Å². The van der Waals surface area contributed by atoms with E-state index >= 15 is 8.78 Å². The van der Waals surface area contributed by atoms with Crippen molar-refractivity contribution in [1.82, 2.24) is 14.3 Å². The third-order valence-electron chi connectivity index (χ3n) is 6.78. The molecule has 0 bridgehead atoms. The van der Waals surface area contributed by atoms with Crippen molar-refractivity contribution in [3.8, 4) is 28.6 Å². The number of hydrogen-bond donors (Lipinski definition) is 2. The summed E-state index contributed by atoms with van der Waals surface area (Å²) >= 11 is 0. The van der Waals surface area contributed by atoms with E-state index in [4.69, 9.17) is 9.47 Å². The van der Waals surface area contributed by atoms with Crippen LogP contribution in [0.25, 0.3) is 17.1 Å². The van der Waals surface area contributed by atoms with Crippen LogP contribution in [0.2, 0.25) is 0 Å². The van der Waals surface area contributed by atoms with Crippen molar-refractivity contribution in [1.29, 1.82) is 0 Å². The second kappa shape index (κ2) is 10.9. The molecule has 13 heteroatoms. The van der Waals surface area contributed by atoms with E-state index in [0.717, 1.165) is 16.8 Å². The lowest BCUT2D eigenvalue weighted by molar-refractivity contribution is 0.0310. The molecule has 0 spiro atoms. The van der Waals surface area contributed by atoms with Crippen LogP contribution in [-0.2, 0) is 7.05 Å². The van der Waals surface area contributed by atoms with Crippen LogP contribution in [0.3, 0.4) is 0 Å². The van der Waals surface area contributed by atoms with Gasteiger partial charge in [-0.1, -0.05) is 0 Å². The number of amides is 1. The second-order valence-corrected chi connectivity index (χ2v) is 10.2. The van der Waals surface area contributed by atoms with Crippen LogP contribution in [0.4, 0.5) is 24.5 Å². The number of rotatable bonds is 8. The number of nitrogens with zero attached hydrogens (tertiary/aromatic N) is 4. The molecule has 0 radical (unpaired) electrons. The molecule has 1 aliphatic heterocycles. The number of alkyl halides is 1. The van der Waals surface area contributed by atoms with E-state index in [1.165, 1.54) is 56.2 Å². The summed E-state index contributed by atoms with van der Waals surface area (Å²) in [5.41, 5.74) is -2.42. The van der Waals surface area contributed by atoms with Crippen molar-refractivity contribution in [2.24, 2.45) is 7.05 Å². The molecule has 0 aliphatic carbocycles. The summed E-state index contributed by atoms with van der Waals surface area (Å²) in [6.07, 6.45) is -0.118. The molecule has 220 valence electrons. The van der Waals surface area contributed by atoms with Gasteiger partial charge in [0.1, 0.15) is 34.5 Å². The molecule has 1 aliphatic rings. The van der Waals surface area contributed by atoms with Gasteiger partial charge in [-0.3, -0.25) is 14.3 Å². The van der Waals surface area contributed by atoms with Gasteiger partial charge in [0.05, 0.1) is 24.0 Å². The normalized spacial score (nSPS) is 14.7. The molecule has 2 aromatic heterocycles. The number of benzene rings is 2.